The number of fused-ring (bicyclic) bond motifs is 2. The zero-order valence-electron chi connectivity index (χ0n) is 12.9. The lowest BCUT2D eigenvalue weighted by Gasteiger charge is -2.27. The van der Waals surface area contributed by atoms with E-state index in [2.05, 4.69) is 10.4 Å². The van der Waals surface area contributed by atoms with E-state index < -0.39 is 0 Å². The molecule has 1 spiro atoms. The minimum atomic E-state index is 0.345. The molecule has 5 rings (SSSR count). The summed E-state index contributed by atoms with van der Waals surface area (Å²) in [4.78, 5) is 4.90. The highest BCUT2D eigenvalue weighted by molar-refractivity contribution is 5.57. The maximum atomic E-state index is 6.08. The van der Waals surface area contributed by atoms with Crippen LogP contribution in [0.1, 0.15) is 49.8 Å². The molecule has 2 saturated carbocycles. The maximum absolute atomic E-state index is 6.08. The van der Waals surface area contributed by atoms with Crippen LogP contribution in [0.15, 0.2) is 12.3 Å². The van der Waals surface area contributed by atoms with Gasteiger partial charge in [-0.15, -0.1) is 0 Å². The van der Waals surface area contributed by atoms with Crippen molar-refractivity contribution in [3.8, 4) is 0 Å². The van der Waals surface area contributed by atoms with Gasteiger partial charge in [-0.2, -0.15) is 9.61 Å². The molecule has 3 aliphatic carbocycles. The van der Waals surface area contributed by atoms with Crippen molar-refractivity contribution in [3.63, 3.8) is 0 Å². The third-order valence-corrected chi connectivity index (χ3v) is 5.94. The summed E-state index contributed by atoms with van der Waals surface area (Å²) < 4.78 is 1.99. The first-order valence-electron chi connectivity index (χ1n) is 8.60. The van der Waals surface area contributed by atoms with Crippen LogP contribution in [0.5, 0.6) is 0 Å². The van der Waals surface area contributed by atoms with Crippen molar-refractivity contribution >= 4 is 11.5 Å². The SMILES string of the molecule is N[C@H]1CC[C@H](Nc2c3c(nc4ccnn24)CC2(CC3)CC2)C1. The average molecular weight is 297 g/mol. The Morgan fingerprint density at radius 2 is 2.18 bits per heavy atom. The van der Waals surface area contributed by atoms with Crippen LogP contribution in [0.3, 0.4) is 0 Å². The van der Waals surface area contributed by atoms with Crippen LogP contribution in [0, 0.1) is 5.41 Å². The molecule has 2 fully saturated rings. The van der Waals surface area contributed by atoms with Crippen molar-refractivity contribution < 1.29 is 0 Å². The van der Waals surface area contributed by atoms with Gasteiger partial charge in [0.05, 0.1) is 11.9 Å². The number of nitrogens with zero attached hydrogens (tertiary/aromatic N) is 3. The van der Waals surface area contributed by atoms with Crippen LogP contribution < -0.4 is 11.1 Å². The summed E-state index contributed by atoms with van der Waals surface area (Å²) in [7, 11) is 0. The van der Waals surface area contributed by atoms with Crippen LogP contribution >= 0.6 is 0 Å². The minimum Gasteiger partial charge on any atom is -0.367 e. The largest absolute Gasteiger partial charge is 0.367 e. The molecular weight excluding hydrogens is 274 g/mol. The minimum absolute atomic E-state index is 0.345. The number of anilines is 1. The highest BCUT2D eigenvalue weighted by atomic mass is 15.3. The van der Waals surface area contributed by atoms with E-state index in [-0.39, 0.29) is 0 Å². The molecule has 0 radical (unpaired) electrons. The molecular formula is C17H23N5. The van der Waals surface area contributed by atoms with E-state index in [4.69, 9.17) is 10.7 Å². The van der Waals surface area contributed by atoms with Crippen LogP contribution in [-0.4, -0.2) is 26.7 Å². The summed E-state index contributed by atoms with van der Waals surface area (Å²) in [6, 6.07) is 2.84. The van der Waals surface area contributed by atoms with E-state index in [1.807, 2.05) is 16.8 Å². The molecule has 0 amide bonds. The van der Waals surface area contributed by atoms with Crippen molar-refractivity contribution in [3.05, 3.63) is 23.5 Å². The van der Waals surface area contributed by atoms with Crippen molar-refractivity contribution in [1.29, 1.82) is 0 Å². The zero-order valence-corrected chi connectivity index (χ0v) is 12.9. The Balaban J connectivity index is 1.57. The number of aromatic nitrogens is 3. The summed E-state index contributed by atoms with van der Waals surface area (Å²) in [5, 5.41) is 8.26. The monoisotopic (exact) mass is 297 g/mol. The lowest BCUT2D eigenvalue weighted by molar-refractivity contribution is 0.429. The van der Waals surface area contributed by atoms with Crippen LogP contribution in [-0.2, 0) is 12.8 Å². The fraction of sp³-hybridized carbons (Fsp3) is 0.647. The molecule has 2 atom stereocenters. The first-order valence-corrected chi connectivity index (χ1v) is 8.60. The normalized spacial score (nSPS) is 29.0. The Morgan fingerprint density at radius 1 is 1.27 bits per heavy atom. The van der Waals surface area contributed by atoms with Crippen LogP contribution in [0.2, 0.25) is 0 Å². The van der Waals surface area contributed by atoms with E-state index in [0.717, 1.165) is 37.8 Å². The molecule has 2 aromatic rings. The molecule has 0 unspecified atom stereocenters. The van der Waals surface area contributed by atoms with Crippen LogP contribution in [0.4, 0.5) is 5.82 Å². The quantitative estimate of drug-likeness (QED) is 0.892. The van der Waals surface area contributed by atoms with E-state index in [0.29, 0.717) is 17.5 Å². The van der Waals surface area contributed by atoms with Gasteiger partial charge in [0.1, 0.15) is 5.82 Å². The lowest BCUT2D eigenvalue weighted by atomic mass is 9.84. The van der Waals surface area contributed by atoms with E-state index >= 15 is 0 Å². The summed E-state index contributed by atoms with van der Waals surface area (Å²) in [6.45, 7) is 0. The highest BCUT2D eigenvalue weighted by Gasteiger charge is 2.46. The fourth-order valence-corrected chi connectivity index (χ4v) is 4.36. The van der Waals surface area contributed by atoms with Gasteiger partial charge < -0.3 is 11.1 Å². The Hall–Kier alpha value is -1.62. The molecule has 0 aromatic carbocycles. The average Bonchev–Trinajstić information content (AvgIpc) is 2.92. The Labute approximate surface area is 130 Å². The van der Waals surface area contributed by atoms with Crippen molar-refractivity contribution in [2.45, 2.75) is 63.5 Å². The molecule has 0 saturated heterocycles. The maximum Gasteiger partial charge on any atom is 0.157 e. The molecule has 0 aliphatic heterocycles. The van der Waals surface area contributed by atoms with Gasteiger partial charge in [0.25, 0.3) is 0 Å². The number of rotatable bonds is 2. The second-order valence-electron chi connectivity index (χ2n) is 7.58. The summed E-state index contributed by atoms with van der Waals surface area (Å²) in [5.74, 6) is 1.18. The summed E-state index contributed by atoms with van der Waals surface area (Å²) >= 11 is 0. The van der Waals surface area contributed by atoms with Gasteiger partial charge in [-0.05, 0) is 56.8 Å². The second-order valence-corrected chi connectivity index (χ2v) is 7.58. The molecule has 5 heteroatoms. The molecule has 0 bridgehead atoms. The van der Waals surface area contributed by atoms with Gasteiger partial charge in [0, 0.05) is 23.7 Å². The third kappa shape index (κ3) is 1.95. The van der Waals surface area contributed by atoms with Gasteiger partial charge in [0.2, 0.25) is 0 Å². The molecule has 3 aliphatic rings. The number of hydrogen-bond acceptors (Lipinski definition) is 4. The Kier molecular flexibility index (Phi) is 2.60. The molecule has 2 aromatic heterocycles. The van der Waals surface area contributed by atoms with Gasteiger partial charge in [-0.3, -0.25) is 0 Å². The Morgan fingerprint density at radius 3 is 2.95 bits per heavy atom. The Bertz CT molecular complexity index is 730. The summed E-state index contributed by atoms with van der Waals surface area (Å²) in [6.07, 6.45) is 11.6. The van der Waals surface area contributed by atoms with Gasteiger partial charge in [-0.25, -0.2) is 4.98 Å². The zero-order chi connectivity index (χ0) is 14.7. The summed E-state index contributed by atoms with van der Waals surface area (Å²) in [5.41, 5.74) is 10.3. The van der Waals surface area contributed by atoms with Crippen molar-refractivity contribution in [2.24, 2.45) is 11.1 Å². The molecule has 22 heavy (non-hydrogen) atoms. The number of hydrogen-bond donors (Lipinski definition) is 2. The lowest BCUT2D eigenvalue weighted by Crippen LogP contribution is -2.25. The standard InChI is InChI=1S/C17H23N5/c18-11-1-2-12(9-11)20-16-13-3-5-17(6-7-17)10-14(13)21-15-4-8-19-22(15)16/h4,8,11-12,20H,1-3,5-7,9-10,18H2/t11-,12-/m0/s1. The highest BCUT2D eigenvalue weighted by Crippen LogP contribution is 2.55. The van der Waals surface area contributed by atoms with Crippen molar-refractivity contribution in [2.75, 3.05) is 5.32 Å². The van der Waals surface area contributed by atoms with Crippen LogP contribution in [0.25, 0.3) is 5.65 Å². The predicted octanol–water partition coefficient (Wildman–Crippen LogP) is 2.29. The first kappa shape index (κ1) is 12.9. The predicted molar refractivity (Wildman–Crippen MR) is 85.9 cm³/mol. The number of nitrogens with one attached hydrogen (secondary N) is 1. The molecule has 2 heterocycles. The third-order valence-electron chi connectivity index (χ3n) is 5.94. The van der Waals surface area contributed by atoms with Gasteiger partial charge in [-0.1, -0.05) is 0 Å². The van der Waals surface area contributed by atoms with E-state index in [1.165, 1.54) is 36.3 Å². The van der Waals surface area contributed by atoms with Gasteiger partial charge >= 0.3 is 0 Å². The van der Waals surface area contributed by atoms with E-state index in [9.17, 15) is 0 Å². The van der Waals surface area contributed by atoms with E-state index in [1.54, 1.807) is 0 Å². The molecule has 5 nitrogen and oxygen atoms in total. The first-order chi connectivity index (χ1) is 10.7. The topological polar surface area (TPSA) is 68.2 Å². The number of nitrogens with two attached hydrogens (primary N) is 1. The second kappa shape index (κ2) is 4.44. The fourth-order valence-electron chi connectivity index (χ4n) is 4.36. The molecule has 3 N–H and O–H groups in total. The van der Waals surface area contributed by atoms with Crippen molar-refractivity contribution in [1.82, 2.24) is 14.6 Å². The smallest absolute Gasteiger partial charge is 0.157 e. The molecule has 116 valence electrons. The van der Waals surface area contributed by atoms with Gasteiger partial charge in [0.15, 0.2) is 5.65 Å².